The van der Waals surface area contributed by atoms with Gasteiger partial charge in [-0.1, -0.05) is 13.3 Å². The van der Waals surface area contributed by atoms with Gasteiger partial charge in [0.05, 0.1) is 16.7 Å². The van der Waals surface area contributed by atoms with E-state index in [-0.39, 0.29) is 12.0 Å². The number of imide groups is 1. The molecule has 1 heterocycles. The van der Waals surface area contributed by atoms with Gasteiger partial charge in [-0.3, -0.25) is 15.1 Å². The second-order valence-electron chi connectivity index (χ2n) is 10.4. The minimum Gasteiger partial charge on any atom is -0.443 e. The molecule has 1 aliphatic rings. The van der Waals surface area contributed by atoms with Gasteiger partial charge in [0.25, 0.3) is 5.69 Å². The Morgan fingerprint density at radius 3 is 2.11 bits per heavy atom. The molecule has 2 rings (SSSR count). The van der Waals surface area contributed by atoms with Gasteiger partial charge in [0.15, 0.2) is 9.84 Å². The number of rotatable bonds is 4. The number of halogens is 1. The molecule has 0 fully saturated rings. The molecule has 0 bridgehead atoms. The molecule has 0 aromatic heterocycles. The first kappa shape index (κ1) is 29.1. The van der Waals surface area contributed by atoms with Crippen molar-refractivity contribution >= 4 is 33.5 Å². The zero-order valence-corrected chi connectivity index (χ0v) is 22.2. The summed E-state index contributed by atoms with van der Waals surface area (Å²) in [6, 6.07) is 1.22. The maximum Gasteiger partial charge on any atom is 0.425 e. The van der Waals surface area contributed by atoms with Gasteiger partial charge in [0.1, 0.15) is 28.1 Å². The van der Waals surface area contributed by atoms with Crippen LogP contribution in [0.15, 0.2) is 23.2 Å². The number of hydrogen-bond acceptors (Lipinski definition) is 9. The summed E-state index contributed by atoms with van der Waals surface area (Å²) in [6.07, 6.45) is -2.07. The monoisotopic (exact) mass is 529 g/mol. The third kappa shape index (κ3) is 7.21. The topological polar surface area (TPSA) is 145 Å². The van der Waals surface area contributed by atoms with E-state index in [9.17, 15) is 32.5 Å². The summed E-state index contributed by atoms with van der Waals surface area (Å²) in [5.41, 5.74) is -2.94. The molecule has 0 N–H and O–H groups in total. The van der Waals surface area contributed by atoms with E-state index in [0.717, 1.165) is 18.2 Å². The molecule has 2 atom stereocenters. The van der Waals surface area contributed by atoms with Crippen molar-refractivity contribution in [2.75, 3.05) is 5.75 Å². The Balaban J connectivity index is 2.78. The fourth-order valence-corrected chi connectivity index (χ4v) is 5.49. The molecule has 2 amide bonds. The van der Waals surface area contributed by atoms with Crippen LogP contribution in [0.5, 0.6) is 0 Å². The molecule has 2 unspecified atom stereocenters. The van der Waals surface area contributed by atoms with Gasteiger partial charge in [0, 0.05) is 17.7 Å². The van der Waals surface area contributed by atoms with Crippen molar-refractivity contribution in [1.82, 2.24) is 4.90 Å². The van der Waals surface area contributed by atoms with Crippen molar-refractivity contribution < 1.29 is 36.8 Å². The van der Waals surface area contributed by atoms with Gasteiger partial charge >= 0.3 is 12.2 Å². The molecule has 0 saturated carbocycles. The summed E-state index contributed by atoms with van der Waals surface area (Å²) in [4.78, 5) is 41.5. The normalized spacial score (nSPS) is 19.7. The zero-order valence-electron chi connectivity index (χ0n) is 21.4. The third-order valence-electron chi connectivity index (χ3n) is 4.88. The first-order valence-electron chi connectivity index (χ1n) is 11.4. The lowest BCUT2D eigenvalue weighted by Gasteiger charge is -2.34. The van der Waals surface area contributed by atoms with E-state index in [0.29, 0.717) is 11.3 Å². The van der Waals surface area contributed by atoms with Crippen LogP contribution in [-0.4, -0.2) is 58.5 Å². The number of nitro benzene ring substituents is 1. The van der Waals surface area contributed by atoms with E-state index >= 15 is 0 Å². The van der Waals surface area contributed by atoms with Crippen molar-refractivity contribution in [2.24, 2.45) is 4.99 Å². The maximum atomic E-state index is 14.7. The molecular weight excluding hydrogens is 497 g/mol. The van der Waals surface area contributed by atoms with Gasteiger partial charge in [0.2, 0.25) is 0 Å². The number of amidine groups is 1. The van der Waals surface area contributed by atoms with E-state index < -0.39 is 72.5 Å². The van der Waals surface area contributed by atoms with E-state index in [4.69, 9.17) is 9.47 Å². The summed E-state index contributed by atoms with van der Waals surface area (Å²) in [5.74, 6) is -2.07. The molecule has 200 valence electrons. The quantitative estimate of drug-likeness (QED) is 0.394. The van der Waals surface area contributed by atoms with Crippen LogP contribution >= 0.6 is 0 Å². The first-order valence-corrected chi connectivity index (χ1v) is 13.1. The third-order valence-corrected chi connectivity index (χ3v) is 6.98. The van der Waals surface area contributed by atoms with Crippen LogP contribution in [0.25, 0.3) is 0 Å². The Labute approximate surface area is 209 Å². The Morgan fingerprint density at radius 1 is 1.14 bits per heavy atom. The standard InChI is InChI=1S/C23H32FN3O8S/c1-8-9-18-19(26(20(28)34-22(2,3)4)21(29)35-23(5,6)7)25-17(13-36(18,32)33)15-12-14(27(30)31)10-11-16(15)24/h10-12,17-18H,8-9,13H2,1-7H3. The summed E-state index contributed by atoms with van der Waals surface area (Å²) < 4.78 is 52.1. The van der Waals surface area contributed by atoms with Crippen molar-refractivity contribution in [1.29, 1.82) is 0 Å². The van der Waals surface area contributed by atoms with Gasteiger partial charge in [-0.05, 0) is 54.0 Å². The van der Waals surface area contributed by atoms with Crippen LogP contribution in [0.3, 0.4) is 0 Å². The molecular formula is C23H32FN3O8S. The highest BCUT2D eigenvalue weighted by Gasteiger charge is 2.46. The summed E-state index contributed by atoms with van der Waals surface area (Å²) in [7, 11) is -4.11. The van der Waals surface area contributed by atoms with Gasteiger partial charge in [-0.25, -0.2) is 22.4 Å². The summed E-state index contributed by atoms with van der Waals surface area (Å²) >= 11 is 0. The smallest absolute Gasteiger partial charge is 0.425 e. The van der Waals surface area contributed by atoms with Crippen LogP contribution in [0, 0.1) is 15.9 Å². The van der Waals surface area contributed by atoms with E-state index in [1.165, 1.54) is 0 Å². The van der Waals surface area contributed by atoms with Crippen molar-refractivity contribution in [3.8, 4) is 0 Å². The lowest BCUT2D eigenvalue weighted by molar-refractivity contribution is -0.385. The van der Waals surface area contributed by atoms with Crippen LogP contribution in [0.2, 0.25) is 0 Å². The van der Waals surface area contributed by atoms with Crippen molar-refractivity contribution in [2.45, 2.75) is 83.8 Å². The van der Waals surface area contributed by atoms with Gasteiger partial charge in [-0.2, -0.15) is 4.90 Å². The lowest BCUT2D eigenvalue weighted by atomic mass is 10.1. The second-order valence-corrected chi connectivity index (χ2v) is 12.6. The summed E-state index contributed by atoms with van der Waals surface area (Å²) in [5, 5.41) is 9.84. The van der Waals surface area contributed by atoms with Crippen LogP contribution in [0.4, 0.5) is 19.7 Å². The molecule has 0 aliphatic carbocycles. The molecule has 11 nitrogen and oxygen atoms in total. The number of aliphatic imine (C=N–C) groups is 1. The highest BCUT2D eigenvalue weighted by atomic mass is 32.2. The minimum atomic E-state index is -4.11. The number of carbonyl (C=O) groups is 2. The maximum absolute atomic E-state index is 14.7. The van der Waals surface area contributed by atoms with E-state index in [1.807, 2.05) is 0 Å². The Kier molecular flexibility index (Phi) is 8.49. The first-order chi connectivity index (χ1) is 16.4. The number of carbonyl (C=O) groups excluding carboxylic acids is 2. The highest BCUT2D eigenvalue weighted by Crippen LogP contribution is 2.34. The fraction of sp³-hybridized carbons (Fsp3) is 0.609. The number of hydrogen-bond donors (Lipinski definition) is 0. The SMILES string of the molecule is CCCC1C(N(C(=O)OC(C)(C)C)C(=O)OC(C)(C)C)=NC(c2cc([N+](=O)[O-])ccc2F)CS1(=O)=O. The highest BCUT2D eigenvalue weighted by molar-refractivity contribution is 7.92. The minimum absolute atomic E-state index is 0.00734. The molecule has 1 aromatic carbocycles. The van der Waals surface area contributed by atoms with Gasteiger partial charge < -0.3 is 9.47 Å². The molecule has 1 aromatic rings. The number of ether oxygens (including phenoxy) is 2. The average Bonchev–Trinajstić information content (AvgIpc) is 2.67. The Morgan fingerprint density at radius 2 is 1.67 bits per heavy atom. The lowest BCUT2D eigenvalue weighted by Crippen LogP contribution is -2.54. The summed E-state index contributed by atoms with van der Waals surface area (Å²) in [6.45, 7) is 11.1. The van der Waals surface area contributed by atoms with Crippen LogP contribution < -0.4 is 0 Å². The van der Waals surface area contributed by atoms with Crippen molar-refractivity contribution in [3.05, 3.63) is 39.7 Å². The van der Waals surface area contributed by atoms with Crippen LogP contribution in [-0.2, 0) is 19.3 Å². The number of sulfone groups is 1. The Bertz CT molecular complexity index is 1140. The molecule has 0 radical (unpaired) electrons. The van der Waals surface area contributed by atoms with E-state index in [2.05, 4.69) is 4.99 Å². The molecule has 36 heavy (non-hydrogen) atoms. The number of benzene rings is 1. The zero-order chi connectivity index (χ0) is 27.6. The number of nitrogens with zero attached hydrogens (tertiary/aromatic N) is 3. The van der Waals surface area contributed by atoms with Gasteiger partial charge in [-0.15, -0.1) is 0 Å². The molecule has 0 spiro atoms. The predicted molar refractivity (Wildman–Crippen MR) is 130 cm³/mol. The molecule has 13 heteroatoms. The average molecular weight is 530 g/mol. The number of non-ortho nitro benzene ring substituents is 1. The largest absolute Gasteiger partial charge is 0.443 e. The fourth-order valence-electron chi connectivity index (χ4n) is 3.49. The van der Waals surface area contributed by atoms with Crippen molar-refractivity contribution in [3.63, 3.8) is 0 Å². The predicted octanol–water partition coefficient (Wildman–Crippen LogP) is 4.94. The van der Waals surface area contributed by atoms with E-state index in [1.54, 1.807) is 48.5 Å². The van der Waals surface area contributed by atoms with Crippen LogP contribution in [0.1, 0.15) is 72.9 Å². The number of nitro groups is 1. The second kappa shape index (κ2) is 10.5. The molecule has 1 aliphatic heterocycles. The molecule has 0 saturated heterocycles. The Hall–Kier alpha value is -3.09. The number of amides is 2.